The van der Waals surface area contributed by atoms with Crippen molar-refractivity contribution >= 4 is 28.2 Å². The van der Waals surface area contributed by atoms with Gasteiger partial charge in [-0.1, -0.05) is 0 Å². The molecule has 2 aromatic rings. The highest BCUT2D eigenvalue weighted by atomic mass is 79.9. The van der Waals surface area contributed by atoms with Crippen LogP contribution in [0, 0.1) is 0 Å². The first kappa shape index (κ1) is 17.0. The molecule has 2 aromatic carbocycles. The van der Waals surface area contributed by atoms with Gasteiger partial charge in [-0.25, -0.2) is 4.79 Å². The lowest BCUT2D eigenvalue weighted by atomic mass is 10.2. The summed E-state index contributed by atoms with van der Waals surface area (Å²) in [6, 6.07) is 9.50. The van der Waals surface area contributed by atoms with Crippen LogP contribution >= 0.6 is 15.9 Å². The lowest BCUT2D eigenvalue weighted by molar-refractivity contribution is 0.0728. The van der Waals surface area contributed by atoms with Crippen LogP contribution in [0.5, 0.6) is 17.2 Å². The maximum Gasteiger partial charge on any atom is 0.343 e. The van der Waals surface area contributed by atoms with Gasteiger partial charge in [-0.05, 0) is 59.3 Å². The summed E-state index contributed by atoms with van der Waals surface area (Å²) in [4.78, 5) is 23.1. The third-order valence-corrected chi connectivity index (χ3v) is 3.61. The average molecular weight is 379 g/mol. The molecule has 0 heterocycles. The molecule has 0 saturated carbocycles. The number of benzene rings is 2. The molecule has 0 N–H and O–H groups in total. The standard InChI is InChI=1S/C17H15BrO5/c1-3-22-16-8-11(10-19)4-6-15(16)23-17(20)12-5-7-14(21-2)13(18)9-12/h4-10H,3H2,1-2H3. The highest BCUT2D eigenvalue weighted by molar-refractivity contribution is 9.10. The highest BCUT2D eigenvalue weighted by Gasteiger charge is 2.15. The van der Waals surface area contributed by atoms with Crippen molar-refractivity contribution in [3.8, 4) is 17.2 Å². The van der Waals surface area contributed by atoms with Gasteiger partial charge in [0.25, 0.3) is 0 Å². The zero-order valence-corrected chi connectivity index (χ0v) is 14.3. The quantitative estimate of drug-likeness (QED) is 0.433. The number of aldehydes is 1. The van der Waals surface area contributed by atoms with Gasteiger partial charge in [0.1, 0.15) is 12.0 Å². The van der Waals surface area contributed by atoms with Crippen LogP contribution < -0.4 is 14.2 Å². The molecule has 0 fully saturated rings. The lowest BCUT2D eigenvalue weighted by Gasteiger charge is -2.11. The molecule has 0 aliphatic rings. The topological polar surface area (TPSA) is 61.8 Å². The molecule has 0 aromatic heterocycles. The Labute approximate surface area is 142 Å². The predicted octanol–water partition coefficient (Wildman–Crippen LogP) is 3.89. The van der Waals surface area contributed by atoms with Crippen LogP contribution in [0.4, 0.5) is 0 Å². The van der Waals surface area contributed by atoms with Crippen molar-refractivity contribution in [2.45, 2.75) is 6.92 Å². The molecule has 0 spiro atoms. The van der Waals surface area contributed by atoms with Gasteiger partial charge in [0.15, 0.2) is 11.5 Å². The molecule has 120 valence electrons. The van der Waals surface area contributed by atoms with Gasteiger partial charge in [-0.3, -0.25) is 4.79 Å². The normalized spacial score (nSPS) is 10.0. The van der Waals surface area contributed by atoms with E-state index in [1.165, 1.54) is 12.1 Å². The first-order chi connectivity index (χ1) is 11.1. The van der Waals surface area contributed by atoms with Crippen molar-refractivity contribution in [2.24, 2.45) is 0 Å². The van der Waals surface area contributed by atoms with Crippen LogP contribution in [-0.4, -0.2) is 26.0 Å². The SMILES string of the molecule is CCOc1cc(C=O)ccc1OC(=O)c1ccc(OC)c(Br)c1. The molecule has 2 rings (SSSR count). The van der Waals surface area contributed by atoms with E-state index < -0.39 is 5.97 Å². The molecule has 0 saturated heterocycles. The Morgan fingerprint density at radius 2 is 1.87 bits per heavy atom. The smallest absolute Gasteiger partial charge is 0.343 e. The molecule has 6 heteroatoms. The average Bonchev–Trinajstić information content (AvgIpc) is 2.56. The Bertz CT molecular complexity index is 727. The van der Waals surface area contributed by atoms with E-state index in [1.807, 2.05) is 0 Å². The molecule has 0 aliphatic carbocycles. The first-order valence-corrected chi connectivity index (χ1v) is 7.66. The van der Waals surface area contributed by atoms with Crippen molar-refractivity contribution in [1.29, 1.82) is 0 Å². The van der Waals surface area contributed by atoms with Crippen LogP contribution in [0.3, 0.4) is 0 Å². The summed E-state index contributed by atoms with van der Waals surface area (Å²) in [5.74, 6) is 0.687. The van der Waals surface area contributed by atoms with E-state index in [9.17, 15) is 9.59 Å². The molecule has 0 amide bonds. The molecule has 0 bridgehead atoms. The summed E-state index contributed by atoms with van der Waals surface area (Å²) in [6.45, 7) is 2.20. The number of carbonyl (C=O) groups is 2. The zero-order chi connectivity index (χ0) is 16.8. The number of carbonyl (C=O) groups excluding carboxylic acids is 2. The fraction of sp³-hybridized carbons (Fsp3) is 0.176. The van der Waals surface area contributed by atoms with Crippen molar-refractivity contribution < 1.29 is 23.8 Å². The van der Waals surface area contributed by atoms with E-state index >= 15 is 0 Å². The van der Waals surface area contributed by atoms with Crippen molar-refractivity contribution in [3.05, 3.63) is 52.0 Å². The minimum absolute atomic E-state index is 0.259. The third-order valence-electron chi connectivity index (χ3n) is 2.99. The van der Waals surface area contributed by atoms with Gasteiger partial charge in [0.05, 0.1) is 23.8 Å². The molecule has 0 radical (unpaired) electrons. The van der Waals surface area contributed by atoms with Crippen molar-refractivity contribution in [2.75, 3.05) is 13.7 Å². The minimum Gasteiger partial charge on any atom is -0.496 e. The molecule has 0 aliphatic heterocycles. The van der Waals surface area contributed by atoms with Crippen LogP contribution in [-0.2, 0) is 0 Å². The number of halogens is 1. The van der Waals surface area contributed by atoms with E-state index in [0.29, 0.717) is 40.0 Å². The van der Waals surface area contributed by atoms with E-state index in [0.717, 1.165) is 0 Å². The van der Waals surface area contributed by atoms with Crippen LogP contribution in [0.25, 0.3) is 0 Å². The Balaban J connectivity index is 2.25. The van der Waals surface area contributed by atoms with E-state index in [1.54, 1.807) is 38.3 Å². The number of hydrogen-bond acceptors (Lipinski definition) is 5. The zero-order valence-electron chi connectivity index (χ0n) is 12.7. The fourth-order valence-electron chi connectivity index (χ4n) is 1.90. The minimum atomic E-state index is -0.534. The fourth-order valence-corrected chi connectivity index (χ4v) is 2.44. The van der Waals surface area contributed by atoms with Crippen LogP contribution in [0.15, 0.2) is 40.9 Å². The number of rotatable bonds is 6. The van der Waals surface area contributed by atoms with Gasteiger partial charge in [0.2, 0.25) is 0 Å². The van der Waals surface area contributed by atoms with Gasteiger partial charge in [-0.15, -0.1) is 0 Å². The first-order valence-electron chi connectivity index (χ1n) is 6.86. The number of esters is 1. The van der Waals surface area contributed by atoms with E-state index in [-0.39, 0.29) is 5.75 Å². The van der Waals surface area contributed by atoms with Gasteiger partial charge < -0.3 is 14.2 Å². The van der Waals surface area contributed by atoms with Gasteiger partial charge >= 0.3 is 5.97 Å². The number of ether oxygens (including phenoxy) is 3. The molecule has 0 unspecified atom stereocenters. The number of methoxy groups -OCH3 is 1. The van der Waals surface area contributed by atoms with Crippen molar-refractivity contribution in [1.82, 2.24) is 0 Å². The largest absolute Gasteiger partial charge is 0.496 e. The highest BCUT2D eigenvalue weighted by Crippen LogP contribution is 2.30. The number of hydrogen-bond donors (Lipinski definition) is 0. The summed E-state index contributed by atoms with van der Waals surface area (Å²) < 4.78 is 16.6. The second-order valence-electron chi connectivity index (χ2n) is 4.50. The Morgan fingerprint density at radius 1 is 1.13 bits per heavy atom. The predicted molar refractivity (Wildman–Crippen MR) is 88.7 cm³/mol. The molecule has 23 heavy (non-hydrogen) atoms. The molecule has 5 nitrogen and oxygen atoms in total. The van der Waals surface area contributed by atoms with Crippen LogP contribution in [0.1, 0.15) is 27.6 Å². The van der Waals surface area contributed by atoms with Gasteiger partial charge in [-0.2, -0.15) is 0 Å². The summed E-state index contributed by atoms with van der Waals surface area (Å²) in [5, 5.41) is 0. The van der Waals surface area contributed by atoms with Crippen molar-refractivity contribution in [3.63, 3.8) is 0 Å². The summed E-state index contributed by atoms with van der Waals surface area (Å²) in [6.07, 6.45) is 0.703. The molecular weight excluding hydrogens is 364 g/mol. The Kier molecular flexibility index (Phi) is 5.76. The van der Waals surface area contributed by atoms with E-state index in [2.05, 4.69) is 15.9 Å². The Morgan fingerprint density at radius 3 is 2.48 bits per heavy atom. The summed E-state index contributed by atoms with van der Waals surface area (Å²) in [5.41, 5.74) is 0.806. The second-order valence-corrected chi connectivity index (χ2v) is 5.35. The lowest BCUT2D eigenvalue weighted by Crippen LogP contribution is -2.10. The van der Waals surface area contributed by atoms with E-state index in [4.69, 9.17) is 14.2 Å². The second kappa shape index (κ2) is 7.78. The van der Waals surface area contributed by atoms with Gasteiger partial charge in [0, 0.05) is 5.56 Å². The molecule has 0 atom stereocenters. The van der Waals surface area contributed by atoms with Crippen LogP contribution in [0.2, 0.25) is 0 Å². The maximum absolute atomic E-state index is 12.3. The Hall–Kier alpha value is -2.34. The summed E-state index contributed by atoms with van der Waals surface area (Å²) >= 11 is 3.32. The monoisotopic (exact) mass is 378 g/mol. The molecular formula is C17H15BrO5. The third kappa shape index (κ3) is 4.10. The summed E-state index contributed by atoms with van der Waals surface area (Å²) in [7, 11) is 1.54. The maximum atomic E-state index is 12.3.